The summed E-state index contributed by atoms with van der Waals surface area (Å²) in [7, 11) is 0. The molecule has 0 aliphatic rings. The molecule has 0 bridgehead atoms. The van der Waals surface area contributed by atoms with Gasteiger partial charge < -0.3 is 0 Å². The molecule has 1 nitrogen and oxygen atoms in total. The minimum absolute atomic E-state index is 0.315. The number of hydrogen-bond acceptors (Lipinski definition) is 1. The molecule has 0 aromatic rings. The van der Waals surface area contributed by atoms with Gasteiger partial charge in [-0.05, 0) is 19.4 Å². The summed E-state index contributed by atoms with van der Waals surface area (Å²) in [6, 6.07) is 0.315. The van der Waals surface area contributed by atoms with Crippen LogP contribution in [0.25, 0.3) is 0 Å². The molecule has 0 heterocycles. The highest BCUT2D eigenvalue weighted by Crippen LogP contribution is 1.98. The first-order valence-corrected chi connectivity index (χ1v) is 3.44. The predicted octanol–water partition coefficient (Wildman–Crippen LogP) is 2.61. The number of hydrogen-bond donors (Lipinski definition) is 0. The average Bonchev–Trinajstić information content (AvgIpc) is 1.87. The van der Waals surface area contributed by atoms with Crippen LogP contribution in [0.4, 0.5) is 0 Å². The van der Waals surface area contributed by atoms with E-state index in [-0.39, 0.29) is 0 Å². The lowest BCUT2D eigenvalue weighted by Gasteiger charge is -1.99. The molecule has 2 heteroatoms. The van der Waals surface area contributed by atoms with Gasteiger partial charge in [0.2, 0.25) is 0 Å². The molecule has 52 valence electrons. The third-order valence-electron chi connectivity index (χ3n) is 1.10. The lowest BCUT2D eigenvalue weighted by molar-refractivity contribution is 0.720. The SMILES string of the molecule is C=CC(Cl)=N[C@@H](C)CC. The summed E-state index contributed by atoms with van der Waals surface area (Å²) >= 11 is 5.57. The Morgan fingerprint density at radius 2 is 2.44 bits per heavy atom. The Hall–Kier alpha value is -0.300. The van der Waals surface area contributed by atoms with Crippen molar-refractivity contribution >= 4 is 16.8 Å². The van der Waals surface area contributed by atoms with Gasteiger partial charge in [-0.15, -0.1) is 0 Å². The maximum atomic E-state index is 5.57. The van der Waals surface area contributed by atoms with Gasteiger partial charge in [-0.25, -0.2) is 0 Å². The van der Waals surface area contributed by atoms with Crippen LogP contribution in [0.2, 0.25) is 0 Å². The van der Waals surface area contributed by atoms with E-state index in [2.05, 4.69) is 18.5 Å². The number of aliphatic imine (C=N–C) groups is 1. The fraction of sp³-hybridized carbons (Fsp3) is 0.571. The topological polar surface area (TPSA) is 12.4 Å². The average molecular weight is 146 g/mol. The van der Waals surface area contributed by atoms with Crippen LogP contribution in [-0.2, 0) is 0 Å². The summed E-state index contributed by atoms with van der Waals surface area (Å²) in [5.74, 6) is 0. The van der Waals surface area contributed by atoms with Crippen molar-refractivity contribution < 1.29 is 0 Å². The normalized spacial score (nSPS) is 15.2. The third-order valence-corrected chi connectivity index (χ3v) is 1.35. The van der Waals surface area contributed by atoms with Crippen molar-refractivity contribution in [1.82, 2.24) is 0 Å². The summed E-state index contributed by atoms with van der Waals surface area (Å²) in [5, 5.41) is 0.504. The van der Waals surface area contributed by atoms with Gasteiger partial charge >= 0.3 is 0 Å². The third kappa shape index (κ3) is 4.22. The van der Waals surface area contributed by atoms with E-state index in [0.29, 0.717) is 11.2 Å². The molecule has 0 aliphatic carbocycles. The van der Waals surface area contributed by atoms with Gasteiger partial charge in [0.05, 0.1) is 0 Å². The second kappa shape index (κ2) is 4.57. The Morgan fingerprint density at radius 1 is 1.89 bits per heavy atom. The van der Waals surface area contributed by atoms with Crippen LogP contribution < -0.4 is 0 Å². The van der Waals surface area contributed by atoms with Gasteiger partial charge in [0, 0.05) is 6.04 Å². The molecule has 0 saturated carbocycles. The van der Waals surface area contributed by atoms with Gasteiger partial charge in [-0.1, -0.05) is 25.1 Å². The van der Waals surface area contributed by atoms with Crippen LogP contribution in [0.1, 0.15) is 20.3 Å². The molecule has 0 N–H and O–H groups in total. The first kappa shape index (κ1) is 8.70. The Labute approximate surface area is 61.4 Å². The predicted molar refractivity (Wildman–Crippen MR) is 43.2 cm³/mol. The van der Waals surface area contributed by atoms with E-state index < -0.39 is 0 Å². The molecule has 1 atom stereocenters. The minimum Gasteiger partial charge on any atom is -0.270 e. The largest absolute Gasteiger partial charge is 0.270 e. The monoisotopic (exact) mass is 145 g/mol. The molecule has 0 radical (unpaired) electrons. The van der Waals surface area contributed by atoms with E-state index in [1.165, 1.54) is 0 Å². The molecule has 0 aliphatic heterocycles. The second-order valence-corrected chi connectivity index (χ2v) is 2.30. The molecule has 0 spiro atoms. The number of rotatable bonds is 3. The summed E-state index contributed by atoms with van der Waals surface area (Å²) < 4.78 is 0. The van der Waals surface area contributed by atoms with Crippen molar-refractivity contribution in [3.05, 3.63) is 12.7 Å². The summed E-state index contributed by atoms with van der Waals surface area (Å²) in [6.45, 7) is 7.58. The zero-order valence-corrected chi connectivity index (χ0v) is 6.65. The van der Waals surface area contributed by atoms with E-state index >= 15 is 0 Å². The van der Waals surface area contributed by atoms with Crippen molar-refractivity contribution in [2.24, 2.45) is 4.99 Å². The van der Waals surface area contributed by atoms with E-state index in [1.807, 2.05) is 6.92 Å². The number of halogens is 1. The molecule has 0 amide bonds. The van der Waals surface area contributed by atoms with Gasteiger partial charge in [-0.2, -0.15) is 0 Å². The number of allylic oxidation sites excluding steroid dienone is 1. The lowest BCUT2D eigenvalue weighted by Crippen LogP contribution is -1.96. The first-order valence-electron chi connectivity index (χ1n) is 3.06. The van der Waals surface area contributed by atoms with E-state index in [4.69, 9.17) is 11.6 Å². The Kier molecular flexibility index (Phi) is 4.41. The Bertz CT molecular complexity index is 118. The second-order valence-electron chi connectivity index (χ2n) is 1.91. The van der Waals surface area contributed by atoms with E-state index in [1.54, 1.807) is 6.08 Å². The Balaban J connectivity index is 3.78. The quantitative estimate of drug-likeness (QED) is 0.542. The van der Waals surface area contributed by atoms with E-state index in [9.17, 15) is 0 Å². The Morgan fingerprint density at radius 3 is 2.78 bits per heavy atom. The molecule has 0 aromatic heterocycles. The van der Waals surface area contributed by atoms with Crippen molar-refractivity contribution in [2.45, 2.75) is 26.3 Å². The zero-order valence-electron chi connectivity index (χ0n) is 5.89. The van der Waals surface area contributed by atoms with Crippen LogP contribution >= 0.6 is 11.6 Å². The zero-order chi connectivity index (χ0) is 7.28. The maximum Gasteiger partial charge on any atom is 0.123 e. The molecular formula is C7H12ClN. The van der Waals surface area contributed by atoms with Gasteiger partial charge in [0.25, 0.3) is 0 Å². The van der Waals surface area contributed by atoms with Gasteiger partial charge in [0.1, 0.15) is 5.17 Å². The van der Waals surface area contributed by atoms with Crippen molar-refractivity contribution in [2.75, 3.05) is 0 Å². The van der Waals surface area contributed by atoms with E-state index in [0.717, 1.165) is 6.42 Å². The molecule has 0 rings (SSSR count). The molecule has 0 fully saturated rings. The van der Waals surface area contributed by atoms with Crippen LogP contribution in [0.3, 0.4) is 0 Å². The van der Waals surface area contributed by atoms with Gasteiger partial charge in [0.15, 0.2) is 0 Å². The lowest BCUT2D eigenvalue weighted by atomic mass is 10.3. The maximum absolute atomic E-state index is 5.57. The summed E-state index contributed by atoms with van der Waals surface area (Å²) in [4.78, 5) is 4.08. The smallest absolute Gasteiger partial charge is 0.123 e. The highest BCUT2D eigenvalue weighted by atomic mass is 35.5. The summed E-state index contributed by atoms with van der Waals surface area (Å²) in [6.07, 6.45) is 2.57. The standard InChI is InChI=1S/C7H12ClN/c1-4-6(3)9-7(8)5-2/h5-6H,2,4H2,1,3H3/t6-/m0/s1. The molecule has 9 heavy (non-hydrogen) atoms. The van der Waals surface area contributed by atoms with Crippen LogP contribution in [0.15, 0.2) is 17.6 Å². The fourth-order valence-corrected chi connectivity index (χ4v) is 0.521. The molecule has 0 aromatic carbocycles. The number of nitrogens with zero attached hydrogens (tertiary/aromatic N) is 1. The molecule has 0 saturated heterocycles. The molecular weight excluding hydrogens is 134 g/mol. The van der Waals surface area contributed by atoms with Crippen molar-refractivity contribution in [1.29, 1.82) is 0 Å². The minimum atomic E-state index is 0.315. The van der Waals surface area contributed by atoms with Crippen LogP contribution in [-0.4, -0.2) is 11.2 Å². The fourth-order valence-electron chi connectivity index (χ4n) is 0.355. The van der Waals surface area contributed by atoms with Crippen LogP contribution in [0.5, 0.6) is 0 Å². The van der Waals surface area contributed by atoms with Crippen molar-refractivity contribution in [3.63, 3.8) is 0 Å². The van der Waals surface area contributed by atoms with Gasteiger partial charge in [-0.3, -0.25) is 4.99 Å². The highest BCUT2D eigenvalue weighted by molar-refractivity contribution is 6.68. The van der Waals surface area contributed by atoms with Crippen molar-refractivity contribution in [3.8, 4) is 0 Å². The first-order chi connectivity index (χ1) is 4.20. The molecule has 0 unspecified atom stereocenters. The highest BCUT2D eigenvalue weighted by Gasteiger charge is 1.93. The van der Waals surface area contributed by atoms with Crippen LogP contribution in [0, 0.1) is 0 Å². The summed E-state index contributed by atoms with van der Waals surface area (Å²) in [5.41, 5.74) is 0.